The van der Waals surface area contributed by atoms with E-state index in [1.807, 2.05) is 0 Å². The van der Waals surface area contributed by atoms with Gasteiger partial charge in [-0.15, -0.1) is 0 Å². The maximum absolute atomic E-state index is 12.6. The second-order valence-electron chi connectivity index (χ2n) is 16.2. The molecule has 0 bridgehead atoms. The first-order valence-corrected chi connectivity index (χ1v) is 25.0. The van der Waals surface area contributed by atoms with Crippen molar-refractivity contribution in [3.8, 4) is 0 Å². The first kappa shape index (κ1) is 55.0. The third-order valence-corrected chi connectivity index (χ3v) is 11.5. The van der Waals surface area contributed by atoms with E-state index in [1.54, 1.807) is 0 Å². The summed E-state index contributed by atoms with van der Waals surface area (Å²) in [6.07, 6.45) is 39.2. The second kappa shape index (κ2) is 42.1. The van der Waals surface area contributed by atoms with Crippen molar-refractivity contribution in [3.05, 3.63) is 0 Å². The largest absolute Gasteiger partial charge is 0.472 e. The average molecular weight is 821 g/mol. The molecule has 0 fully saturated rings. The van der Waals surface area contributed by atoms with Crippen LogP contribution in [0.1, 0.15) is 239 Å². The number of carbonyl (C=O) groups is 2. The zero-order chi connectivity index (χ0) is 41.2. The minimum atomic E-state index is -4.61. The molecule has 0 aliphatic carbocycles. The Morgan fingerprint density at radius 2 is 0.768 bits per heavy atom. The molecule has 3 atom stereocenters. The van der Waals surface area contributed by atoms with Gasteiger partial charge in [-0.3, -0.25) is 18.6 Å². The molecule has 0 aromatic rings. The number of carbonyl (C=O) groups excluding carboxylic acids is 2. The van der Waals surface area contributed by atoms with Gasteiger partial charge in [-0.05, 0) is 12.8 Å². The molecule has 1 unspecified atom stereocenters. The normalized spacial score (nSPS) is 13.7. The molecule has 0 heterocycles. The molecule has 0 aromatic heterocycles. The van der Waals surface area contributed by atoms with Crippen LogP contribution in [0.3, 0.4) is 0 Å². The van der Waals surface area contributed by atoms with Crippen LogP contribution >= 0.6 is 7.82 Å². The topological polar surface area (TPSA) is 149 Å². The van der Waals surface area contributed by atoms with Gasteiger partial charge in [-0.2, -0.15) is 0 Å². The number of phosphoric ester groups is 1. The monoisotopic (exact) mass is 821 g/mol. The molecule has 0 rings (SSSR count). The van der Waals surface area contributed by atoms with E-state index in [1.165, 1.54) is 167 Å². The summed E-state index contributed by atoms with van der Waals surface area (Å²) in [5, 5.41) is 18.4. The van der Waals surface area contributed by atoms with E-state index in [2.05, 4.69) is 13.8 Å². The number of aliphatic hydroxyl groups is 2. The van der Waals surface area contributed by atoms with E-state index in [4.69, 9.17) is 23.6 Å². The van der Waals surface area contributed by atoms with Gasteiger partial charge < -0.3 is 24.6 Å². The Morgan fingerprint density at radius 3 is 1.11 bits per heavy atom. The summed E-state index contributed by atoms with van der Waals surface area (Å²) in [5.74, 6) is -0.906. The molecule has 11 heteroatoms. The molecular formula is C45H89O10P. The number of aliphatic hydroxyl groups excluding tert-OH is 2. The van der Waals surface area contributed by atoms with Crippen molar-refractivity contribution >= 4 is 19.8 Å². The van der Waals surface area contributed by atoms with Gasteiger partial charge in [0.25, 0.3) is 0 Å². The molecule has 10 nitrogen and oxygen atoms in total. The van der Waals surface area contributed by atoms with E-state index >= 15 is 0 Å². The lowest BCUT2D eigenvalue weighted by Gasteiger charge is -2.20. The molecule has 0 aliphatic rings. The third kappa shape index (κ3) is 41.1. The zero-order valence-corrected chi connectivity index (χ0v) is 37.3. The number of hydrogen-bond donors (Lipinski definition) is 3. The predicted molar refractivity (Wildman–Crippen MR) is 229 cm³/mol. The lowest BCUT2D eigenvalue weighted by Crippen LogP contribution is -2.29. The Balaban J connectivity index is 4.19. The fourth-order valence-electron chi connectivity index (χ4n) is 6.88. The summed E-state index contributed by atoms with van der Waals surface area (Å²) >= 11 is 0. The van der Waals surface area contributed by atoms with Crippen LogP contribution in [0.5, 0.6) is 0 Å². The Bertz CT molecular complexity index is 904. The first-order valence-electron chi connectivity index (χ1n) is 23.5. The minimum absolute atomic E-state index is 0.193. The van der Waals surface area contributed by atoms with Crippen molar-refractivity contribution in [3.63, 3.8) is 0 Å². The van der Waals surface area contributed by atoms with E-state index < -0.39 is 51.8 Å². The van der Waals surface area contributed by atoms with Gasteiger partial charge in [-0.1, -0.05) is 213 Å². The summed E-state index contributed by atoms with van der Waals surface area (Å²) in [7, 11) is -4.61. The molecule has 0 radical (unpaired) electrons. The van der Waals surface area contributed by atoms with Crippen LogP contribution in [0.15, 0.2) is 0 Å². The molecule has 3 N–H and O–H groups in total. The lowest BCUT2D eigenvalue weighted by atomic mass is 10.0. The fraction of sp³-hybridized carbons (Fsp3) is 0.956. The summed E-state index contributed by atoms with van der Waals surface area (Å²) in [6.45, 7) is 2.44. The van der Waals surface area contributed by atoms with Crippen molar-refractivity contribution < 1.29 is 47.8 Å². The highest BCUT2D eigenvalue weighted by Gasteiger charge is 2.27. The van der Waals surface area contributed by atoms with Gasteiger partial charge in [-0.25, -0.2) is 4.57 Å². The number of phosphoric acid groups is 1. The molecule has 0 amide bonds. The fourth-order valence-corrected chi connectivity index (χ4v) is 7.67. The van der Waals surface area contributed by atoms with Crippen LogP contribution < -0.4 is 0 Å². The van der Waals surface area contributed by atoms with Gasteiger partial charge >= 0.3 is 19.8 Å². The van der Waals surface area contributed by atoms with Crippen molar-refractivity contribution in [1.82, 2.24) is 0 Å². The van der Waals surface area contributed by atoms with Gasteiger partial charge in [0.05, 0.1) is 19.8 Å². The number of esters is 2. The lowest BCUT2D eigenvalue weighted by molar-refractivity contribution is -0.161. The highest BCUT2D eigenvalue weighted by molar-refractivity contribution is 7.47. The van der Waals surface area contributed by atoms with Gasteiger partial charge in [0.15, 0.2) is 6.10 Å². The van der Waals surface area contributed by atoms with E-state index in [9.17, 15) is 24.2 Å². The molecule has 334 valence electrons. The standard InChI is InChI=1S/C45H89O10P/c1-3-5-7-9-11-13-15-17-19-21-23-24-26-28-30-32-34-36-44(48)52-40-43(41-54-56(50,51)53-39-42(47)38-46)55-45(49)37-35-33-31-29-27-25-22-20-18-16-14-12-10-8-6-4-2/h42-43,46-47H,3-41H2,1-2H3,(H,50,51)/t42-,43+/m0/s1. The van der Waals surface area contributed by atoms with Crippen LogP contribution in [0.25, 0.3) is 0 Å². The highest BCUT2D eigenvalue weighted by Crippen LogP contribution is 2.43. The van der Waals surface area contributed by atoms with E-state index in [0.717, 1.165) is 32.1 Å². The van der Waals surface area contributed by atoms with E-state index in [-0.39, 0.29) is 19.4 Å². The summed E-state index contributed by atoms with van der Waals surface area (Å²) in [6, 6.07) is 0. The number of rotatable bonds is 45. The Labute approximate surface area is 344 Å². The van der Waals surface area contributed by atoms with Gasteiger partial charge in [0.2, 0.25) is 0 Å². The molecule has 0 saturated heterocycles. The van der Waals surface area contributed by atoms with Crippen molar-refractivity contribution in [2.24, 2.45) is 0 Å². The Kier molecular flexibility index (Phi) is 41.3. The summed E-state index contributed by atoms with van der Waals surface area (Å²) < 4.78 is 32.8. The van der Waals surface area contributed by atoms with Crippen LogP contribution in [0.2, 0.25) is 0 Å². The predicted octanol–water partition coefficient (Wildman–Crippen LogP) is 12.6. The average Bonchev–Trinajstić information content (AvgIpc) is 3.19. The Hall–Kier alpha value is -1.03. The summed E-state index contributed by atoms with van der Waals surface area (Å²) in [5.41, 5.74) is 0. The third-order valence-electron chi connectivity index (χ3n) is 10.5. The molecule has 0 aliphatic heterocycles. The SMILES string of the molecule is CCCCCCCCCCCCCCCCCCCC(=O)OC[C@H](COP(=O)(O)OC[C@@H](O)CO)OC(=O)CCCCCCCCCCCCCCCCCC. The number of hydrogen-bond acceptors (Lipinski definition) is 9. The van der Waals surface area contributed by atoms with Crippen molar-refractivity contribution in [2.75, 3.05) is 26.4 Å². The minimum Gasteiger partial charge on any atom is -0.462 e. The smallest absolute Gasteiger partial charge is 0.462 e. The van der Waals surface area contributed by atoms with Crippen LogP contribution in [-0.4, -0.2) is 65.7 Å². The highest BCUT2D eigenvalue weighted by atomic mass is 31.2. The van der Waals surface area contributed by atoms with Gasteiger partial charge in [0.1, 0.15) is 12.7 Å². The zero-order valence-electron chi connectivity index (χ0n) is 36.4. The molecule has 0 aromatic carbocycles. The van der Waals surface area contributed by atoms with Crippen LogP contribution in [-0.2, 0) is 32.7 Å². The van der Waals surface area contributed by atoms with Crippen molar-refractivity contribution in [2.45, 2.75) is 251 Å². The summed E-state index contributed by atoms with van der Waals surface area (Å²) in [4.78, 5) is 35.1. The first-order chi connectivity index (χ1) is 27.2. The maximum Gasteiger partial charge on any atom is 0.472 e. The number of ether oxygens (including phenoxy) is 2. The van der Waals surface area contributed by atoms with Crippen molar-refractivity contribution in [1.29, 1.82) is 0 Å². The molecular weight excluding hydrogens is 731 g/mol. The van der Waals surface area contributed by atoms with Gasteiger partial charge in [0, 0.05) is 12.8 Å². The molecule has 0 spiro atoms. The van der Waals surface area contributed by atoms with E-state index in [0.29, 0.717) is 12.8 Å². The maximum atomic E-state index is 12.6. The second-order valence-corrected chi connectivity index (χ2v) is 17.6. The number of unbranched alkanes of at least 4 members (excludes halogenated alkanes) is 31. The molecule has 0 saturated carbocycles. The van der Waals surface area contributed by atoms with Crippen LogP contribution in [0.4, 0.5) is 0 Å². The quantitative estimate of drug-likeness (QED) is 0.0308. The Morgan fingerprint density at radius 1 is 0.464 bits per heavy atom. The van der Waals surface area contributed by atoms with Crippen LogP contribution in [0, 0.1) is 0 Å². The molecule has 56 heavy (non-hydrogen) atoms.